The van der Waals surface area contributed by atoms with Gasteiger partial charge in [0.25, 0.3) is 0 Å². The number of hydrogen-bond acceptors (Lipinski definition) is 7. The predicted octanol–water partition coefficient (Wildman–Crippen LogP) is 16.0. The Balaban J connectivity index is 0.000000175. The highest BCUT2D eigenvalue weighted by atomic mass is 16.3. The molecule has 0 spiro atoms. The van der Waals surface area contributed by atoms with Gasteiger partial charge in [0.2, 0.25) is 5.43 Å². The topological polar surface area (TPSA) is 123 Å². The van der Waals surface area contributed by atoms with E-state index in [-0.39, 0.29) is 38.3 Å². The van der Waals surface area contributed by atoms with Crippen LogP contribution in [0.4, 0.5) is 0 Å². The molecule has 0 bridgehead atoms. The number of rotatable bonds is 7. The molecule has 7 heteroatoms. The zero-order chi connectivity index (χ0) is 57.4. The van der Waals surface area contributed by atoms with Crippen LogP contribution in [0.25, 0.3) is 0 Å². The third-order valence-corrected chi connectivity index (χ3v) is 16.1. The van der Waals surface area contributed by atoms with Crippen LogP contribution in [-0.2, 0) is 0 Å². The summed E-state index contributed by atoms with van der Waals surface area (Å²) in [6.45, 7) is 17.7. The fraction of sp³-hybridized carbons (Fsp3) is 0.417. The molecule has 0 amide bonds. The van der Waals surface area contributed by atoms with Gasteiger partial charge in [-0.1, -0.05) is 206 Å². The van der Waals surface area contributed by atoms with E-state index in [0.29, 0.717) is 35.5 Å². The summed E-state index contributed by atoms with van der Waals surface area (Å²) in [5.74, 6) is 2.61. The summed E-state index contributed by atoms with van der Waals surface area (Å²) >= 11 is 0. The van der Waals surface area contributed by atoms with Crippen molar-refractivity contribution in [1.29, 1.82) is 0 Å². The largest absolute Gasteiger partial charge is 0.504 e. The van der Waals surface area contributed by atoms with Crippen molar-refractivity contribution in [2.24, 2.45) is 0 Å². The minimum Gasteiger partial charge on any atom is -0.504 e. The highest BCUT2D eigenvalue weighted by molar-refractivity contribution is 5.35. The molecule has 4 aliphatic rings. The van der Waals surface area contributed by atoms with E-state index in [2.05, 4.69) is 13.8 Å². The van der Waals surface area contributed by atoms with Crippen LogP contribution in [0, 0.1) is 34.6 Å². The molecule has 10 rings (SSSR count). The summed E-state index contributed by atoms with van der Waals surface area (Å²) in [5.41, 5.74) is 10.8. The first-order chi connectivity index (χ1) is 37.9. The molecule has 6 aromatic rings. The van der Waals surface area contributed by atoms with Gasteiger partial charge in [-0.3, -0.25) is 28.8 Å². The van der Waals surface area contributed by atoms with Crippen molar-refractivity contribution < 1.29 is 5.11 Å². The maximum atomic E-state index is 12.1. The Morgan fingerprint density at radius 1 is 0.354 bits per heavy atom. The Morgan fingerprint density at radius 3 is 1.01 bits per heavy atom. The summed E-state index contributed by atoms with van der Waals surface area (Å²) in [7, 11) is 0. The van der Waals surface area contributed by atoms with Crippen molar-refractivity contribution in [3.8, 4) is 5.75 Å². The second-order valence-electron chi connectivity index (χ2n) is 22.5. The predicted molar refractivity (Wildman–Crippen MR) is 330 cm³/mol. The Kier molecular flexibility index (Phi) is 25.7. The third-order valence-electron chi connectivity index (χ3n) is 16.1. The molecule has 1 unspecified atom stereocenters. The quantitative estimate of drug-likeness (QED) is 0.169. The van der Waals surface area contributed by atoms with Crippen molar-refractivity contribution >= 4 is 0 Å². The average molecular weight is 1070 g/mol. The molecule has 0 radical (unpaired) electrons. The number of aromatic hydroxyl groups is 1. The van der Waals surface area contributed by atoms with Crippen LogP contribution in [0.5, 0.6) is 5.75 Å². The summed E-state index contributed by atoms with van der Waals surface area (Å²) in [4.78, 5) is 70.2. The van der Waals surface area contributed by atoms with E-state index < -0.39 is 0 Å². The van der Waals surface area contributed by atoms with E-state index in [9.17, 15) is 33.9 Å². The van der Waals surface area contributed by atoms with Gasteiger partial charge in [0.05, 0.1) is 0 Å². The van der Waals surface area contributed by atoms with E-state index in [1.807, 2.05) is 182 Å². The maximum Gasteiger partial charge on any atom is 0.220 e. The lowest BCUT2D eigenvalue weighted by molar-refractivity contribution is 0.418. The van der Waals surface area contributed by atoms with Crippen molar-refractivity contribution in [3.05, 3.63) is 268 Å². The first-order valence-corrected chi connectivity index (χ1v) is 29.3. The minimum absolute atomic E-state index is 0.0538. The highest BCUT2D eigenvalue weighted by Crippen LogP contribution is 2.39. The Labute approximate surface area is 470 Å². The van der Waals surface area contributed by atoms with Gasteiger partial charge in [-0.15, -0.1) is 0 Å². The van der Waals surface area contributed by atoms with Gasteiger partial charge in [0, 0.05) is 33.4 Å². The van der Waals surface area contributed by atoms with Gasteiger partial charge in [-0.05, 0) is 162 Å². The number of aryl methyl sites for hydroxylation is 5. The second-order valence-corrected chi connectivity index (χ2v) is 22.5. The number of hydrogen-bond donors (Lipinski definition) is 1. The summed E-state index contributed by atoms with van der Waals surface area (Å²) in [5, 5.41) is 9.71. The summed E-state index contributed by atoms with van der Waals surface area (Å²) in [6, 6.07) is 45.5. The Bertz CT molecular complexity index is 3160. The lowest BCUT2D eigenvalue weighted by atomic mass is 9.80. The van der Waals surface area contributed by atoms with E-state index >= 15 is 0 Å². The monoisotopic (exact) mass is 1060 g/mol. The first kappa shape index (κ1) is 63.0. The van der Waals surface area contributed by atoms with Crippen LogP contribution in [-0.4, -0.2) is 5.11 Å². The molecule has 1 atom stereocenters. The third kappa shape index (κ3) is 19.2. The molecule has 4 aliphatic carbocycles. The molecule has 0 aromatic heterocycles. The molecule has 0 aliphatic heterocycles. The van der Waals surface area contributed by atoms with Crippen LogP contribution in [0.3, 0.4) is 0 Å². The standard InChI is InChI=1S/C14H18O.C12H14O2.C12H14O.C12H16O.C11H12O.C11H14O/c1-11-7-5-6-10-13(14(11)15)12-8-3-2-4-9-12;13-11-8-4-3-7-10(12(11)14)9-5-1-2-6-9;1-9-5-2-3-8-11(12(9)13)10-6-4-7-10;1-4-9(2)11-8-6-5-7-10(3)12(11)13;1-8-4-2-3-5-10(11(8)12)9-6-7-9;1-8(2)10-7-5-4-6-9(3)11(10)12/h5-7,10,12H,2-4,8-9H2,1H3;3-4,7-9H,1-2,5-6H2,(H,13,14);2-3,5,8,10H,4,6-7H2,1H3;5-9H,4H2,1-3H3;2-5,9H,6-7H2,1H3;4-8H,1-3H3. The zero-order valence-corrected chi connectivity index (χ0v) is 48.8. The summed E-state index contributed by atoms with van der Waals surface area (Å²) < 4.78 is 0. The molecular formula is C72H88O7. The fourth-order valence-electron chi connectivity index (χ4n) is 10.4. The van der Waals surface area contributed by atoms with E-state index in [0.717, 1.165) is 80.5 Å². The van der Waals surface area contributed by atoms with E-state index in [1.165, 1.54) is 83.1 Å². The van der Waals surface area contributed by atoms with Crippen LogP contribution >= 0.6 is 0 Å². The van der Waals surface area contributed by atoms with Gasteiger partial charge in [0.15, 0.2) is 32.9 Å². The first-order valence-electron chi connectivity index (χ1n) is 29.3. The lowest BCUT2D eigenvalue weighted by Crippen LogP contribution is -2.18. The normalized spacial score (nSPS) is 15.2. The van der Waals surface area contributed by atoms with Crippen LogP contribution in [0.1, 0.15) is 221 Å². The Morgan fingerprint density at radius 2 is 0.646 bits per heavy atom. The van der Waals surface area contributed by atoms with Gasteiger partial charge >= 0.3 is 0 Å². The van der Waals surface area contributed by atoms with Gasteiger partial charge in [0.1, 0.15) is 0 Å². The van der Waals surface area contributed by atoms with Crippen molar-refractivity contribution in [2.45, 2.75) is 194 Å². The maximum absolute atomic E-state index is 12.1. The van der Waals surface area contributed by atoms with Gasteiger partial charge < -0.3 is 5.11 Å². The fourth-order valence-corrected chi connectivity index (χ4v) is 10.4. The minimum atomic E-state index is -0.267. The van der Waals surface area contributed by atoms with Crippen molar-refractivity contribution in [3.63, 3.8) is 0 Å². The van der Waals surface area contributed by atoms with Gasteiger partial charge in [-0.25, -0.2) is 0 Å². The molecule has 7 nitrogen and oxygen atoms in total. The van der Waals surface area contributed by atoms with Gasteiger partial charge in [-0.2, -0.15) is 0 Å². The molecule has 418 valence electrons. The smallest absolute Gasteiger partial charge is 0.220 e. The molecule has 6 aromatic carbocycles. The summed E-state index contributed by atoms with van der Waals surface area (Å²) in [6.07, 6.45) is 17.9. The van der Waals surface area contributed by atoms with Crippen molar-refractivity contribution in [1.82, 2.24) is 0 Å². The highest BCUT2D eigenvalue weighted by Gasteiger charge is 2.26. The van der Waals surface area contributed by atoms with Crippen molar-refractivity contribution in [2.75, 3.05) is 0 Å². The van der Waals surface area contributed by atoms with E-state index in [4.69, 9.17) is 0 Å². The van der Waals surface area contributed by atoms with E-state index in [1.54, 1.807) is 6.07 Å². The average Bonchev–Trinajstić information content (AvgIpc) is 4.29. The zero-order valence-electron chi connectivity index (χ0n) is 48.8. The molecule has 0 saturated heterocycles. The SMILES string of the molecule is CCC(C)c1ccccc(C)c1=O.Cc1ccccc(C(C)C)c1=O.Cc1ccccc(C2CC2)c1=O.Cc1ccccc(C2CCC2)c1=O.Cc1ccccc(C2CCCCC2)c1=O.O=c1ccccc(C2CCCC2)c1O. The van der Waals surface area contributed by atoms with Crippen LogP contribution in [0.2, 0.25) is 0 Å². The van der Waals surface area contributed by atoms with Crippen LogP contribution < -0.4 is 32.6 Å². The molecule has 4 fully saturated rings. The van der Waals surface area contributed by atoms with Crippen LogP contribution in [0.15, 0.2) is 174 Å². The second kappa shape index (κ2) is 32.3. The molecule has 1 N–H and O–H groups in total. The lowest BCUT2D eigenvalue weighted by Gasteiger charge is -2.24. The molecular weight excluding hydrogens is 977 g/mol. The molecule has 79 heavy (non-hydrogen) atoms. The molecule has 4 saturated carbocycles. The molecule has 0 heterocycles. The Hall–Kier alpha value is -6.86.